The van der Waals surface area contributed by atoms with Gasteiger partial charge in [0, 0.05) is 13.2 Å². The lowest BCUT2D eigenvalue weighted by molar-refractivity contribution is 0.0329. The summed E-state index contributed by atoms with van der Waals surface area (Å²) in [7, 11) is 1.71. The summed E-state index contributed by atoms with van der Waals surface area (Å²) in [6, 6.07) is 4.71. The fourth-order valence-electron chi connectivity index (χ4n) is 1.75. The molecule has 0 aliphatic heterocycles. The van der Waals surface area contributed by atoms with E-state index in [4.69, 9.17) is 10.5 Å². The number of nitrogen functional groups attached to an aromatic ring is 1. The molecule has 1 fully saturated rings. The van der Waals surface area contributed by atoms with Crippen LogP contribution in [0.1, 0.15) is 12.8 Å². The molecule has 1 aliphatic carbocycles. The van der Waals surface area contributed by atoms with E-state index < -0.39 is 0 Å². The van der Waals surface area contributed by atoms with Crippen molar-refractivity contribution in [2.45, 2.75) is 25.0 Å². The minimum Gasteiger partial charge on any atom is -0.397 e. The van der Waals surface area contributed by atoms with Crippen LogP contribution in [0.2, 0.25) is 0 Å². The molecule has 3 N–H and O–H groups in total. The number of nitrogens with two attached hydrogens (primary N) is 1. The molecule has 0 aromatic heterocycles. The number of hydrogen-bond donors (Lipinski definition) is 2. The quantitative estimate of drug-likeness (QED) is 0.750. The van der Waals surface area contributed by atoms with Gasteiger partial charge >= 0.3 is 0 Å². The number of halogens is 1. The summed E-state index contributed by atoms with van der Waals surface area (Å²) in [4.78, 5) is 0. The summed E-state index contributed by atoms with van der Waals surface area (Å²) in [6.45, 7) is 0. The Kier molecular flexibility index (Phi) is 2.77. The lowest BCUT2D eigenvalue weighted by Crippen LogP contribution is -2.40. The number of nitrogens with one attached hydrogen (secondary N) is 1. The van der Waals surface area contributed by atoms with E-state index in [1.165, 1.54) is 12.1 Å². The van der Waals surface area contributed by atoms with E-state index in [9.17, 15) is 4.39 Å². The molecular weight excluding hydrogens is 195 g/mol. The van der Waals surface area contributed by atoms with Gasteiger partial charge in [0.1, 0.15) is 5.82 Å². The number of hydrogen-bond acceptors (Lipinski definition) is 3. The Hall–Kier alpha value is -1.29. The Morgan fingerprint density at radius 2 is 2.20 bits per heavy atom. The molecule has 0 heterocycles. The smallest absolute Gasteiger partial charge is 0.125 e. The summed E-state index contributed by atoms with van der Waals surface area (Å²) in [6.07, 6.45) is 2.23. The summed E-state index contributed by atoms with van der Waals surface area (Å²) in [5, 5.41) is 3.21. The Morgan fingerprint density at radius 3 is 2.87 bits per heavy atom. The third-order valence-corrected chi connectivity index (χ3v) is 2.80. The molecule has 0 saturated heterocycles. The summed E-state index contributed by atoms with van der Waals surface area (Å²) in [5.41, 5.74) is 6.98. The maximum Gasteiger partial charge on any atom is 0.125 e. The minimum absolute atomic E-state index is 0.269. The first-order valence-electron chi connectivity index (χ1n) is 5.03. The number of benzene rings is 1. The van der Waals surface area contributed by atoms with Crippen molar-refractivity contribution in [3.05, 3.63) is 24.0 Å². The second-order valence-electron chi connectivity index (χ2n) is 3.90. The Bertz CT molecular complexity index is 350. The summed E-state index contributed by atoms with van der Waals surface area (Å²) >= 11 is 0. The van der Waals surface area contributed by atoms with Crippen LogP contribution < -0.4 is 11.1 Å². The first-order valence-corrected chi connectivity index (χ1v) is 5.03. The zero-order valence-corrected chi connectivity index (χ0v) is 8.66. The largest absolute Gasteiger partial charge is 0.397 e. The van der Waals surface area contributed by atoms with E-state index in [0.29, 0.717) is 23.5 Å². The second kappa shape index (κ2) is 4.06. The third-order valence-electron chi connectivity index (χ3n) is 2.80. The Labute approximate surface area is 88.4 Å². The zero-order chi connectivity index (χ0) is 10.8. The molecule has 0 radical (unpaired) electrons. The highest BCUT2D eigenvalue weighted by molar-refractivity contribution is 5.66. The molecule has 82 valence electrons. The van der Waals surface area contributed by atoms with Crippen molar-refractivity contribution >= 4 is 11.4 Å². The topological polar surface area (TPSA) is 47.3 Å². The molecule has 1 aromatic carbocycles. The SMILES string of the molecule is COC1CC(Nc2cc(F)ccc2N)C1. The lowest BCUT2D eigenvalue weighted by atomic mass is 9.89. The molecule has 1 aliphatic rings. The highest BCUT2D eigenvalue weighted by Gasteiger charge is 2.29. The van der Waals surface area contributed by atoms with Crippen molar-refractivity contribution in [3.63, 3.8) is 0 Å². The van der Waals surface area contributed by atoms with Gasteiger partial charge in [-0.25, -0.2) is 4.39 Å². The van der Waals surface area contributed by atoms with Crippen LogP contribution in [0.3, 0.4) is 0 Å². The first-order chi connectivity index (χ1) is 7.19. The zero-order valence-electron chi connectivity index (χ0n) is 8.66. The lowest BCUT2D eigenvalue weighted by Gasteiger charge is -2.35. The molecule has 15 heavy (non-hydrogen) atoms. The standard InChI is InChI=1S/C11H15FN2O/c1-15-9-5-8(6-9)14-11-4-7(12)2-3-10(11)13/h2-4,8-9,14H,5-6,13H2,1H3. The van der Waals surface area contributed by atoms with Gasteiger partial charge in [-0.3, -0.25) is 0 Å². The van der Waals surface area contributed by atoms with Gasteiger partial charge in [-0.15, -0.1) is 0 Å². The van der Waals surface area contributed by atoms with Gasteiger partial charge in [-0.05, 0) is 31.0 Å². The van der Waals surface area contributed by atoms with E-state index >= 15 is 0 Å². The summed E-state index contributed by atoms with van der Waals surface area (Å²) < 4.78 is 18.1. The van der Waals surface area contributed by atoms with E-state index in [1.54, 1.807) is 13.2 Å². The van der Waals surface area contributed by atoms with Crippen LogP contribution in [0.15, 0.2) is 18.2 Å². The van der Waals surface area contributed by atoms with Gasteiger partial charge in [-0.1, -0.05) is 0 Å². The fraction of sp³-hybridized carbons (Fsp3) is 0.455. The van der Waals surface area contributed by atoms with Crippen molar-refractivity contribution in [1.82, 2.24) is 0 Å². The van der Waals surface area contributed by atoms with Gasteiger partial charge in [-0.2, -0.15) is 0 Å². The minimum atomic E-state index is -0.269. The van der Waals surface area contributed by atoms with Gasteiger partial charge in [0.2, 0.25) is 0 Å². The van der Waals surface area contributed by atoms with Crippen molar-refractivity contribution < 1.29 is 9.13 Å². The molecule has 4 heteroatoms. The van der Waals surface area contributed by atoms with Crippen LogP contribution >= 0.6 is 0 Å². The molecule has 3 nitrogen and oxygen atoms in total. The number of rotatable bonds is 3. The highest BCUT2D eigenvalue weighted by Crippen LogP contribution is 2.28. The van der Waals surface area contributed by atoms with Crippen LogP contribution in [0, 0.1) is 5.82 Å². The predicted octanol–water partition coefficient (Wildman–Crippen LogP) is 2.00. The Balaban J connectivity index is 1.97. The first kappa shape index (κ1) is 10.2. The average molecular weight is 210 g/mol. The molecule has 0 amide bonds. The molecule has 0 spiro atoms. The predicted molar refractivity (Wildman–Crippen MR) is 58.3 cm³/mol. The van der Waals surface area contributed by atoms with E-state index in [0.717, 1.165) is 12.8 Å². The van der Waals surface area contributed by atoms with Gasteiger partial charge in [0.25, 0.3) is 0 Å². The van der Waals surface area contributed by atoms with Crippen molar-refractivity contribution in [3.8, 4) is 0 Å². The highest BCUT2D eigenvalue weighted by atomic mass is 19.1. The Morgan fingerprint density at radius 1 is 1.47 bits per heavy atom. The number of anilines is 2. The van der Waals surface area contributed by atoms with Gasteiger partial charge < -0.3 is 15.8 Å². The molecular formula is C11H15FN2O. The normalized spacial score (nSPS) is 24.7. The fourth-order valence-corrected chi connectivity index (χ4v) is 1.75. The third kappa shape index (κ3) is 2.21. The molecule has 1 aromatic rings. The molecule has 1 saturated carbocycles. The van der Waals surface area contributed by atoms with E-state index in [1.807, 2.05) is 0 Å². The molecule has 0 bridgehead atoms. The van der Waals surface area contributed by atoms with Crippen LogP contribution in [-0.2, 0) is 4.74 Å². The van der Waals surface area contributed by atoms with Crippen molar-refractivity contribution in [1.29, 1.82) is 0 Å². The number of methoxy groups -OCH3 is 1. The molecule has 2 rings (SSSR count). The second-order valence-corrected chi connectivity index (χ2v) is 3.90. The maximum absolute atomic E-state index is 12.9. The molecule has 0 unspecified atom stereocenters. The van der Waals surface area contributed by atoms with Crippen molar-refractivity contribution in [2.24, 2.45) is 0 Å². The average Bonchev–Trinajstić information content (AvgIpc) is 2.16. The van der Waals surface area contributed by atoms with E-state index in [-0.39, 0.29) is 5.82 Å². The molecule has 0 atom stereocenters. The van der Waals surface area contributed by atoms with Crippen LogP contribution in [0.5, 0.6) is 0 Å². The number of ether oxygens (including phenoxy) is 1. The summed E-state index contributed by atoms with van der Waals surface area (Å²) in [5.74, 6) is -0.269. The van der Waals surface area contributed by atoms with Crippen LogP contribution in [0.4, 0.5) is 15.8 Å². The van der Waals surface area contributed by atoms with Gasteiger partial charge in [0.05, 0.1) is 17.5 Å². The van der Waals surface area contributed by atoms with Crippen LogP contribution in [0.25, 0.3) is 0 Å². The van der Waals surface area contributed by atoms with Crippen LogP contribution in [-0.4, -0.2) is 19.3 Å². The van der Waals surface area contributed by atoms with E-state index in [2.05, 4.69) is 5.32 Å². The van der Waals surface area contributed by atoms with Crippen molar-refractivity contribution in [2.75, 3.05) is 18.2 Å². The maximum atomic E-state index is 12.9. The monoisotopic (exact) mass is 210 g/mol. The van der Waals surface area contributed by atoms with Gasteiger partial charge in [0.15, 0.2) is 0 Å².